The van der Waals surface area contributed by atoms with Gasteiger partial charge in [0.05, 0.1) is 27.0 Å². The van der Waals surface area contributed by atoms with Crippen molar-refractivity contribution in [3.63, 3.8) is 0 Å². The molecule has 0 bridgehead atoms. The van der Waals surface area contributed by atoms with Crippen molar-refractivity contribution in [1.29, 1.82) is 0 Å². The van der Waals surface area contributed by atoms with Crippen LogP contribution in [0.3, 0.4) is 0 Å². The van der Waals surface area contributed by atoms with Gasteiger partial charge in [0.2, 0.25) is 11.8 Å². The normalized spacial score (nSPS) is 9.88. The molecular formula is C18H20N2O5. The van der Waals surface area contributed by atoms with Crippen LogP contribution in [-0.2, 0) is 9.59 Å². The van der Waals surface area contributed by atoms with Gasteiger partial charge in [0.15, 0.2) is 11.5 Å². The fourth-order valence-corrected chi connectivity index (χ4v) is 2.21. The second-order valence-corrected chi connectivity index (χ2v) is 5.04. The number of para-hydroxylation sites is 2. The number of nitrogens with one attached hydrogen (secondary N) is 2. The van der Waals surface area contributed by atoms with Crippen molar-refractivity contribution in [2.24, 2.45) is 0 Å². The zero-order chi connectivity index (χ0) is 18.2. The van der Waals surface area contributed by atoms with Crippen molar-refractivity contribution >= 4 is 23.2 Å². The smallest absolute Gasteiger partial charge is 0.233 e. The highest BCUT2D eigenvalue weighted by atomic mass is 16.5. The first-order chi connectivity index (χ1) is 12.1. The minimum Gasteiger partial charge on any atom is -0.495 e. The molecule has 2 amide bonds. The van der Waals surface area contributed by atoms with Gasteiger partial charge in [-0.15, -0.1) is 0 Å². The molecule has 2 N–H and O–H groups in total. The van der Waals surface area contributed by atoms with Crippen LogP contribution in [0.5, 0.6) is 17.2 Å². The molecule has 25 heavy (non-hydrogen) atoms. The summed E-state index contributed by atoms with van der Waals surface area (Å²) in [4.78, 5) is 24.1. The van der Waals surface area contributed by atoms with E-state index >= 15 is 0 Å². The predicted octanol–water partition coefficient (Wildman–Crippen LogP) is 2.68. The third-order valence-corrected chi connectivity index (χ3v) is 3.37. The molecule has 0 atom stereocenters. The molecule has 2 rings (SSSR count). The van der Waals surface area contributed by atoms with Crippen LogP contribution in [0, 0.1) is 0 Å². The maximum Gasteiger partial charge on any atom is 0.233 e. The molecule has 0 saturated heterocycles. The molecular weight excluding hydrogens is 324 g/mol. The van der Waals surface area contributed by atoms with Crippen LogP contribution >= 0.6 is 0 Å². The first kappa shape index (κ1) is 18.1. The van der Waals surface area contributed by atoms with Gasteiger partial charge in [-0.25, -0.2) is 0 Å². The van der Waals surface area contributed by atoms with E-state index < -0.39 is 11.8 Å². The van der Waals surface area contributed by atoms with Gasteiger partial charge in [0, 0.05) is 11.8 Å². The molecule has 7 nitrogen and oxygen atoms in total. The molecule has 0 aliphatic heterocycles. The van der Waals surface area contributed by atoms with Crippen LogP contribution in [-0.4, -0.2) is 33.1 Å². The lowest BCUT2D eigenvalue weighted by atomic mass is 10.2. The Hall–Kier alpha value is -3.22. The number of rotatable bonds is 7. The first-order valence-electron chi connectivity index (χ1n) is 7.52. The molecule has 7 heteroatoms. The molecule has 0 fully saturated rings. The maximum atomic E-state index is 12.0. The Morgan fingerprint density at radius 3 is 2.12 bits per heavy atom. The third-order valence-electron chi connectivity index (χ3n) is 3.37. The summed E-state index contributed by atoms with van der Waals surface area (Å²) < 4.78 is 15.5. The van der Waals surface area contributed by atoms with Gasteiger partial charge in [-0.3, -0.25) is 9.59 Å². The fourth-order valence-electron chi connectivity index (χ4n) is 2.21. The predicted molar refractivity (Wildman–Crippen MR) is 94.4 cm³/mol. The van der Waals surface area contributed by atoms with Crippen molar-refractivity contribution in [3.8, 4) is 17.2 Å². The number of hydrogen-bond acceptors (Lipinski definition) is 5. The number of anilines is 2. The Bertz CT molecular complexity index is 761. The molecule has 0 aliphatic rings. The summed E-state index contributed by atoms with van der Waals surface area (Å²) in [5.41, 5.74) is 1.02. The molecule has 132 valence electrons. The average Bonchev–Trinajstić information content (AvgIpc) is 2.61. The van der Waals surface area contributed by atoms with Crippen LogP contribution in [0.15, 0.2) is 42.5 Å². The molecule has 0 unspecified atom stereocenters. The van der Waals surface area contributed by atoms with Crippen LogP contribution in [0.1, 0.15) is 6.42 Å². The monoisotopic (exact) mass is 344 g/mol. The Morgan fingerprint density at radius 2 is 1.44 bits per heavy atom. The molecule has 0 radical (unpaired) electrons. The van der Waals surface area contributed by atoms with Gasteiger partial charge in [-0.2, -0.15) is 0 Å². The van der Waals surface area contributed by atoms with E-state index in [0.717, 1.165) is 0 Å². The molecule has 0 heterocycles. The van der Waals surface area contributed by atoms with Crippen molar-refractivity contribution in [3.05, 3.63) is 42.5 Å². The summed E-state index contributed by atoms with van der Waals surface area (Å²) in [6, 6.07) is 11.9. The second-order valence-electron chi connectivity index (χ2n) is 5.04. The maximum absolute atomic E-state index is 12.0. The van der Waals surface area contributed by atoms with E-state index in [1.54, 1.807) is 42.5 Å². The van der Waals surface area contributed by atoms with Crippen LogP contribution < -0.4 is 24.8 Å². The van der Waals surface area contributed by atoms with Gasteiger partial charge in [0.1, 0.15) is 12.2 Å². The van der Waals surface area contributed by atoms with Crippen LogP contribution in [0.25, 0.3) is 0 Å². The molecule has 0 spiro atoms. The number of ether oxygens (including phenoxy) is 3. The lowest BCUT2D eigenvalue weighted by Gasteiger charge is -2.11. The van der Waals surface area contributed by atoms with Crippen LogP contribution in [0.4, 0.5) is 11.4 Å². The minimum atomic E-state index is -0.445. The van der Waals surface area contributed by atoms with Crippen molar-refractivity contribution in [1.82, 2.24) is 0 Å². The van der Waals surface area contributed by atoms with E-state index in [1.807, 2.05) is 0 Å². The highest BCUT2D eigenvalue weighted by Gasteiger charge is 2.13. The molecule has 2 aromatic carbocycles. The Kier molecular flexibility index (Phi) is 6.22. The summed E-state index contributed by atoms with van der Waals surface area (Å²) >= 11 is 0. The number of benzene rings is 2. The van der Waals surface area contributed by atoms with Crippen LogP contribution in [0.2, 0.25) is 0 Å². The fraction of sp³-hybridized carbons (Fsp3) is 0.222. The Labute approximate surface area is 145 Å². The number of amides is 2. The Morgan fingerprint density at radius 1 is 0.800 bits per heavy atom. The van der Waals surface area contributed by atoms with Gasteiger partial charge in [-0.1, -0.05) is 12.1 Å². The Balaban J connectivity index is 1.97. The quantitative estimate of drug-likeness (QED) is 0.754. The third kappa shape index (κ3) is 4.87. The van der Waals surface area contributed by atoms with Crippen molar-refractivity contribution < 1.29 is 23.8 Å². The summed E-state index contributed by atoms with van der Waals surface area (Å²) in [6.45, 7) is 0. The van der Waals surface area contributed by atoms with E-state index in [2.05, 4.69) is 10.6 Å². The van der Waals surface area contributed by atoms with Crippen molar-refractivity contribution in [2.75, 3.05) is 32.0 Å². The molecule has 2 aromatic rings. The van der Waals surface area contributed by atoms with E-state index in [-0.39, 0.29) is 6.42 Å². The zero-order valence-electron chi connectivity index (χ0n) is 14.3. The summed E-state index contributed by atoms with van der Waals surface area (Å²) in [5, 5.41) is 5.30. The summed E-state index contributed by atoms with van der Waals surface area (Å²) in [5.74, 6) is 0.673. The summed E-state index contributed by atoms with van der Waals surface area (Å²) in [6.07, 6.45) is -0.327. The number of carbonyl (C=O) groups is 2. The standard InChI is InChI=1S/C18H20N2O5/c1-23-14-7-5-4-6-13(14)20-18(22)11-17(21)19-12-8-9-15(24-2)16(10-12)25-3/h4-10H,11H2,1-3H3,(H,19,21)(H,20,22). The largest absolute Gasteiger partial charge is 0.495 e. The zero-order valence-corrected chi connectivity index (χ0v) is 14.3. The van der Waals surface area contributed by atoms with E-state index in [0.29, 0.717) is 28.6 Å². The molecule has 0 aliphatic carbocycles. The van der Waals surface area contributed by atoms with E-state index in [1.165, 1.54) is 21.3 Å². The van der Waals surface area contributed by atoms with Gasteiger partial charge >= 0.3 is 0 Å². The minimum absolute atomic E-state index is 0.327. The second kappa shape index (κ2) is 8.58. The average molecular weight is 344 g/mol. The molecule has 0 aromatic heterocycles. The number of hydrogen-bond donors (Lipinski definition) is 2. The van der Waals surface area contributed by atoms with Crippen molar-refractivity contribution in [2.45, 2.75) is 6.42 Å². The van der Waals surface area contributed by atoms with Gasteiger partial charge in [0.25, 0.3) is 0 Å². The number of carbonyl (C=O) groups excluding carboxylic acids is 2. The van der Waals surface area contributed by atoms with E-state index in [9.17, 15) is 9.59 Å². The van der Waals surface area contributed by atoms with Gasteiger partial charge < -0.3 is 24.8 Å². The first-order valence-corrected chi connectivity index (χ1v) is 7.52. The lowest BCUT2D eigenvalue weighted by Crippen LogP contribution is -2.21. The highest BCUT2D eigenvalue weighted by molar-refractivity contribution is 6.08. The SMILES string of the molecule is COc1ccccc1NC(=O)CC(=O)Nc1ccc(OC)c(OC)c1. The topological polar surface area (TPSA) is 85.9 Å². The van der Waals surface area contributed by atoms with E-state index in [4.69, 9.17) is 14.2 Å². The number of methoxy groups -OCH3 is 3. The lowest BCUT2D eigenvalue weighted by molar-refractivity contribution is -0.123. The summed E-state index contributed by atoms with van der Waals surface area (Å²) in [7, 11) is 4.54. The highest BCUT2D eigenvalue weighted by Crippen LogP contribution is 2.29. The van der Waals surface area contributed by atoms with Gasteiger partial charge in [-0.05, 0) is 24.3 Å². The molecule has 0 saturated carbocycles.